The van der Waals surface area contributed by atoms with Gasteiger partial charge in [0.15, 0.2) is 6.23 Å². The highest BCUT2D eigenvalue weighted by Crippen LogP contribution is 2.25. The van der Waals surface area contributed by atoms with Crippen molar-refractivity contribution in [1.82, 2.24) is 9.55 Å². The van der Waals surface area contributed by atoms with Gasteiger partial charge in [-0.05, 0) is 6.07 Å². The smallest absolute Gasteiger partial charge is 0.330 e. The van der Waals surface area contributed by atoms with E-state index in [1.165, 1.54) is 13.2 Å². The lowest BCUT2D eigenvalue weighted by Crippen LogP contribution is -2.42. The van der Waals surface area contributed by atoms with Gasteiger partial charge in [0.25, 0.3) is 11.2 Å². The predicted molar refractivity (Wildman–Crippen MR) is 81.8 cm³/mol. The van der Waals surface area contributed by atoms with Crippen LogP contribution in [0.15, 0.2) is 34.0 Å². The second-order valence-electron chi connectivity index (χ2n) is 4.83. The predicted octanol–water partition coefficient (Wildman–Crippen LogP) is 0.300. The van der Waals surface area contributed by atoms with Crippen LogP contribution in [0.1, 0.15) is 11.8 Å². The van der Waals surface area contributed by atoms with Crippen LogP contribution >= 0.6 is 0 Å². The van der Waals surface area contributed by atoms with Gasteiger partial charge >= 0.3 is 5.69 Å². The number of nitro groups is 1. The summed E-state index contributed by atoms with van der Waals surface area (Å²) in [6.45, 7) is -0.914. The van der Waals surface area contributed by atoms with E-state index >= 15 is 0 Å². The molecule has 0 aliphatic heterocycles. The van der Waals surface area contributed by atoms with E-state index in [4.69, 9.17) is 9.47 Å². The zero-order valence-electron chi connectivity index (χ0n) is 13.0. The fourth-order valence-electron chi connectivity index (χ4n) is 2.08. The van der Waals surface area contributed by atoms with Crippen LogP contribution in [-0.4, -0.2) is 33.3 Å². The monoisotopic (exact) mass is 355 g/mol. The molecule has 0 bridgehead atoms. The molecule has 0 saturated heterocycles. The molecule has 1 unspecified atom stereocenters. The molecule has 2 N–H and O–H groups in total. The number of rotatable bonds is 7. The highest BCUT2D eigenvalue weighted by molar-refractivity contribution is 5.43. The third-order valence-corrected chi connectivity index (χ3v) is 3.33. The Labute approximate surface area is 139 Å². The Morgan fingerprint density at radius 1 is 1.44 bits per heavy atom. The molecule has 0 amide bonds. The Hall–Kier alpha value is -3.05. The van der Waals surface area contributed by atoms with Crippen LogP contribution in [0.4, 0.5) is 10.1 Å². The lowest BCUT2D eigenvalue weighted by molar-refractivity contribution is -0.385. The lowest BCUT2D eigenvalue weighted by atomic mass is 10.2. The Morgan fingerprint density at radius 2 is 2.16 bits per heavy atom. The highest BCUT2D eigenvalue weighted by atomic mass is 19.1. The minimum atomic E-state index is -1.26. The van der Waals surface area contributed by atoms with E-state index in [9.17, 15) is 29.2 Å². The normalized spacial score (nSPS) is 12.0. The number of ether oxygens (including phenoxy) is 2. The van der Waals surface area contributed by atoms with Crippen LogP contribution in [0.5, 0.6) is 5.75 Å². The minimum Gasteiger partial charge on any atom is -0.488 e. The van der Waals surface area contributed by atoms with Gasteiger partial charge in [-0.1, -0.05) is 0 Å². The molecule has 0 aliphatic rings. The Kier molecular flexibility index (Phi) is 5.62. The summed E-state index contributed by atoms with van der Waals surface area (Å²) in [5.41, 5.74) is -2.19. The summed E-state index contributed by atoms with van der Waals surface area (Å²) < 4.78 is 24.2. The van der Waals surface area contributed by atoms with Crippen molar-refractivity contribution in [2.75, 3.05) is 13.7 Å². The summed E-state index contributed by atoms with van der Waals surface area (Å²) >= 11 is 0. The number of methoxy groups -OCH3 is 1. The van der Waals surface area contributed by atoms with Gasteiger partial charge in [-0.25, -0.2) is 9.36 Å². The van der Waals surface area contributed by atoms with Gasteiger partial charge < -0.3 is 19.6 Å². The third-order valence-electron chi connectivity index (χ3n) is 3.33. The summed E-state index contributed by atoms with van der Waals surface area (Å²) in [7, 11) is 1.19. The van der Waals surface area contributed by atoms with E-state index in [0.29, 0.717) is 10.8 Å². The second kappa shape index (κ2) is 7.68. The molecule has 1 atom stereocenters. The minimum absolute atomic E-state index is 0.0935. The molecule has 11 heteroatoms. The van der Waals surface area contributed by atoms with Gasteiger partial charge in [0.05, 0.1) is 11.5 Å². The largest absolute Gasteiger partial charge is 0.488 e. The number of aromatic amines is 1. The maximum atomic E-state index is 13.4. The topological polar surface area (TPSA) is 137 Å². The number of nitro benzene ring substituents is 1. The number of benzene rings is 1. The van der Waals surface area contributed by atoms with Crippen molar-refractivity contribution in [2.45, 2.75) is 12.8 Å². The van der Waals surface area contributed by atoms with Crippen molar-refractivity contribution < 1.29 is 23.9 Å². The maximum Gasteiger partial charge on any atom is 0.330 e. The molecule has 1 aromatic carbocycles. The molecule has 134 valence electrons. The number of nitrogens with one attached hydrogen (secondary N) is 1. The Morgan fingerprint density at radius 3 is 2.76 bits per heavy atom. The van der Waals surface area contributed by atoms with Gasteiger partial charge in [0, 0.05) is 31.0 Å². The summed E-state index contributed by atoms with van der Waals surface area (Å²) in [6, 6.07) is 3.55. The van der Waals surface area contributed by atoms with E-state index in [1.54, 1.807) is 0 Å². The fourth-order valence-corrected chi connectivity index (χ4v) is 2.08. The van der Waals surface area contributed by atoms with Gasteiger partial charge in [-0.3, -0.25) is 14.9 Å². The lowest BCUT2D eigenvalue weighted by Gasteiger charge is -2.18. The maximum absolute atomic E-state index is 13.4. The zero-order valence-corrected chi connectivity index (χ0v) is 13.0. The first-order valence-corrected chi connectivity index (χ1v) is 6.92. The molecule has 0 saturated carbocycles. The summed E-state index contributed by atoms with van der Waals surface area (Å²) in [6.07, 6.45) is -0.622. The second-order valence-corrected chi connectivity index (χ2v) is 4.83. The first kappa shape index (κ1) is 18.3. The van der Waals surface area contributed by atoms with Crippen molar-refractivity contribution in [2.24, 2.45) is 0 Å². The van der Waals surface area contributed by atoms with Crippen LogP contribution in [0.3, 0.4) is 0 Å². The first-order valence-electron chi connectivity index (χ1n) is 6.92. The SMILES string of the molecule is COC(COc1ccc([N+](=O)[O-])cc1CO)n1c(=O)[nH]cc(F)c1=O. The third kappa shape index (κ3) is 3.89. The van der Waals surface area contributed by atoms with Crippen LogP contribution in [0.25, 0.3) is 0 Å². The van der Waals surface area contributed by atoms with Crippen LogP contribution in [-0.2, 0) is 11.3 Å². The summed E-state index contributed by atoms with van der Waals surface area (Å²) in [5.74, 6) is -1.08. The Bertz CT molecular complexity index is 893. The van der Waals surface area contributed by atoms with Crippen LogP contribution < -0.4 is 16.0 Å². The van der Waals surface area contributed by atoms with Gasteiger partial charge in [0.2, 0.25) is 5.82 Å². The molecule has 2 aromatic rings. The molecule has 0 spiro atoms. The fraction of sp³-hybridized carbons (Fsp3) is 0.286. The van der Waals surface area contributed by atoms with E-state index < -0.39 is 34.8 Å². The first-order chi connectivity index (χ1) is 11.9. The molecule has 0 fully saturated rings. The van der Waals surface area contributed by atoms with E-state index in [-0.39, 0.29) is 23.6 Å². The highest BCUT2D eigenvalue weighted by Gasteiger charge is 2.19. The van der Waals surface area contributed by atoms with Crippen molar-refractivity contribution in [3.63, 3.8) is 0 Å². The Balaban J connectivity index is 2.28. The van der Waals surface area contributed by atoms with E-state index in [2.05, 4.69) is 0 Å². The van der Waals surface area contributed by atoms with E-state index in [1.807, 2.05) is 4.98 Å². The number of aliphatic hydroxyl groups is 1. The number of non-ortho nitro benzene ring substituents is 1. The van der Waals surface area contributed by atoms with Crippen LogP contribution in [0, 0.1) is 15.9 Å². The standard InChI is InChI=1S/C14H14FN3O7/c1-24-12(17-13(20)10(15)5-16-14(17)21)7-25-11-3-2-9(18(22)23)4-8(11)6-19/h2-5,12,19H,6-7H2,1H3,(H,16,21). The average Bonchev–Trinajstić information content (AvgIpc) is 2.60. The van der Waals surface area contributed by atoms with Crippen molar-refractivity contribution in [3.05, 3.63) is 66.7 Å². The molecular formula is C14H14FN3O7. The number of hydrogen-bond acceptors (Lipinski definition) is 7. The molecule has 25 heavy (non-hydrogen) atoms. The van der Waals surface area contributed by atoms with Gasteiger partial charge in [0.1, 0.15) is 12.4 Å². The van der Waals surface area contributed by atoms with Crippen molar-refractivity contribution >= 4 is 5.69 Å². The van der Waals surface area contributed by atoms with Crippen LogP contribution in [0.2, 0.25) is 0 Å². The van der Waals surface area contributed by atoms with E-state index in [0.717, 1.165) is 12.1 Å². The summed E-state index contributed by atoms with van der Waals surface area (Å²) in [4.78, 5) is 35.6. The molecule has 10 nitrogen and oxygen atoms in total. The molecule has 0 aliphatic carbocycles. The molecule has 0 radical (unpaired) electrons. The number of aromatic nitrogens is 2. The number of aliphatic hydroxyl groups excluding tert-OH is 1. The number of H-pyrrole nitrogens is 1. The number of nitrogens with zero attached hydrogens (tertiary/aromatic N) is 2. The molecular weight excluding hydrogens is 341 g/mol. The molecule has 1 heterocycles. The van der Waals surface area contributed by atoms with Gasteiger partial charge in [-0.15, -0.1) is 0 Å². The number of hydrogen-bond donors (Lipinski definition) is 2. The molecule has 1 aromatic heterocycles. The average molecular weight is 355 g/mol. The van der Waals surface area contributed by atoms with Crippen molar-refractivity contribution in [1.29, 1.82) is 0 Å². The van der Waals surface area contributed by atoms with Crippen molar-refractivity contribution in [3.8, 4) is 5.75 Å². The quantitative estimate of drug-likeness (QED) is 0.538. The zero-order chi connectivity index (χ0) is 18.6. The molecule has 2 rings (SSSR count). The summed E-state index contributed by atoms with van der Waals surface area (Å²) in [5, 5.41) is 20.0. The number of halogens is 1. The van der Waals surface area contributed by atoms with Gasteiger partial charge in [-0.2, -0.15) is 4.39 Å².